The van der Waals surface area contributed by atoms with Crippen molar-refractivity contribution in [2.75, 3.05) is 0 Å². The molecule has 0 atom stereocenters. The molecule has 1 N–H and O–H groups in total. The summed E-state index contributed by atoms with van der Waals surface area (Å²) in [5.74, 6) is 0.929. The first-order valence-corrected chi connectivity index (χ1v) is 7.10. The van der Waals surface area contributed by atoms with Crippen LogP contribution in [0.1, 0.15) is 55.3 Å². The molecule has 1 amide bonds. The van der Waals surface area contributed by atoms with E-state index in [2.05, 4.69) is 36.2 Å². The van der Waals surface area contributed by atoms with E-state index in [4.69, 9.17) is 4.52 Å². The number of rotatable bonds is 4. The summed E-state index contributed by atoms with van der Waals surface area (Å²) >= 11 is 0. The molecule has 5 nitrogen and oxygen atoms in total. The number of carbonyl (C=O) groups is 1. The highest BCUT2D eigenvalue weighted by molar-refractivity contribution is 5.94. The zero-order valence-electron chi connectivity index (χ0n) is 12.9. The van der Waals surface area contributed by atoms with E-state index < -0.39 is 0 Å². The van der Waals surface area contributed by atoms with Crippen LogP contribution in [0.5, 0.6) is 0 Å². The van der Waals surface area contributed by atoms with Crippen molar-refractivity contribution in [3.8, 4) is 0 Å². The Balaban J connectivity index is 1.97. The minimum absolute atomic E-state index is 0.0796. The van der Waals surface area contributed by atoms with Gasteiger partial charge in [0.2, 0.25) is 5.89 Å². The van der Waals surface area contributed by atoms with E-state index in [1.165, 1.54) is 5.56 Å². The first-order chi connectivity index (χ1) is 9.90. The Kier molecular flexibility index (Phi) is 4.40. The van der Waals surface area contributed by atoms with Gasteiger partial charge in [0.15, 0.2) is 5.82 Å². The van der Waals surface area contributed by atoms with Crippen LogP contribution in [0.2, 0.25) is 0 Å². The van der Waals surface area contributed by atoms with Crippen LogP contribution in [0.25, 0.3) is 0 Å². The number of nitrogens with zero attached hydrogens (tertiary/aromatic N) is 2. The van der Waals surface area contributed by atoms with Gasteiger partial charge >= 0.3 is 0 Å². The van der Waals surface area contributed by atoms with Gasteiger partial charge in [-0.25, -0.2) is 0 Å². The summed E-state index contributed by atoms with van der Waals surface area (Å²) in [6, 6.07) is 7.64. The van der Waals surface area contributed by atoms with Gasteiger partial charge in [-0.1, -0.05) is 45.0 Å². The van der Waals surface area contributed by atoms with E-state index in [1.54, 1.807) is 0 Å². The molecule has 0 aliphatic rings. The molecule has 0 unspecified atom stereocenters. The lowest BCUT2D eigenvalue weighted by Gasteiger charge is -2.19. The highest BCUT2D eigenvalue weighted by Crippen LogP contribution is 2.22. The van der Waals surface area contributed by atoms with Gasteiger partial charge in [-0.15, -0.1) is 0 Å². The quantitative estimate of drug-likeness (QED) is 0.939. The van der Waals surface area contributed by atoms with Crippen LogP contribution in [-0.2, 0) is 18.4 Å². The Bertz CT molecular complexity index is 609. The van der Waals surface area contributed by atoms with Crippen LogP contribution in [0.4, 0.5) is 0 Å². The lowest BCUT2D eigenvalue weighted by Crippen LogP contribution is -2.23. The molecule has 0 saturated carbocycles. The molecule has 0 fully saturated rings. The molecule has 112 valence electrons. The summed E-state index contributed by atoms with van der Waals surface area (Å²) in [6.07, 6.45) is 0.690. The Morgan fingerprint density at radius 2 is 1.90 bits per heavy atom. The number of aryl methyl sites for hydroxylation is 1. The fourth-order valence-corrected chi connectivity index (χ4v) is 1.89. The smallest absolute Gasteiger partial charge is 0.251 e. The van der Waals surface area contributed by atoms with Crippen LogP contribution in [0.15, 0.2) is 28.8 Å². The molecular weight excluding hydrogens is 266 g/mol. The van der Waals surface area contributed by atoms with E-state index >= 15 is 0 Å². The summed E-state index contributed by atoms with van der Waals surface area (Å²) in [5.41, 5.74) is 1.91. The first kappa shape index (κ1) is 15.2. The molecule has 21 heavy (non-hydrogen) atoms. The van der Waals surface area contributed by atoms with Gasteiger partial charge in [0.25, 0.3) is 5.91 Å². The SMILES string of the molecule is CCc1nc(CNC(=O)c2ccc(C(C)(C)C)cc2)no1. The number of carbonyl (C=O) groups excluding carboxylic acids is 1. The van der Waals surface area contributed by atoms with Gasteiger partial charge in [0.05, 0.1) is 6.54 Å². The number of aromatic nitrogens is 2. The van der Waals surface area contributed by atoms with Crippen molar-refractivity contribution < 1.29 is 9.32 Å². The van der Waals surface area contributed by atoms with Crippen molar-refractivity contribution in [2.45, 2.75) is 46.1 Å². The lowest BCUT2D eigenvalue weighted by atomic mass is 9.87. The van der Waals surface area contributed by atoms with E-state index in [0.717, 1.165) is 0 Å². The number of hydrogen-bond donors (Lipinski definition) is 1. The summed E-state index contributed by atoms with van der Waals surface area (Å²) in [6.45, 7) is 8.63. The Hall–Kier alpha value is -2.17. The zero-order valence-corrected chi connectivity index (χ0v) is 12.9. The number of amides is 1. The standard InChI is InChI=1S/C16H21N3O2/c1-5-14-18-13(19-21-14)10-17-15(20)11-6-8-12(9-7-11)16(2,3)4/h6-9H,5,10H2,1-4H3,(H,17,20). The van der Waals surface area contributed by atoms with E-state index in [-0.39, 0.29) is 17.9 Å². The van der Waals surface area contributed by atoms with Crippen LogP contribution >= 0.6 is 0 Å². The third kappa shape index (κ3) is 3.90. The molecule has 0 bridgehead atoms. The van der Waals surface area contributed by atoms with Gasteiger partial charge in [-0.3, -0.25) is 4.79 Å². The van der Waals surface area contributed by atoms with E-state index in [1.807, 2.05) is 31.2 Å². The van der Waals surface area contributed by atoms with Crippen LogP contribution in [0.3, 0.4) is 0 Å². The third-order valence-corrected chi connectivity index (χ3v) is 3.23. The predicted octanol–water partition coefficient (Wildman–Crippen LogP) is 2.86. The van der Waals surface area contributed by atoms with Gasteiger partial charge in [0, 0.05) is 12.0 Å². The first-order valence-electron chi connectivity index (χ1n) is 7.10. The Labute approximate surface area is 124 Å². The fraction of sp³-hybridized carbons (Fsp3) is 0.438. The monoisotopic (exact) mass is 287 g/mol. The second kappa shape index (κ2) is 6.08. The molecule has 0 aliphatic carbocycles. The van der Waals surface area contributed by atoms with Crippen LogP contribution < -0.4 is 5.32 Å². The fourth-order valence-electron chi connectivity index (χ4n) is 1.89. The van der Waals surface area contributed by atoms with Crippen molar-refractivity contribution in [3.05, 3.63) is 47.1 Å². The highest BCUT2D eigenvalue weighted by atomic mass is 16.5. The van der Waals surface area contributed by atoms with Crippen molar-refractivity contribution in [1.82, 2.24) is 15.5 Å². The largest absolute Gasteiger partial charge is 0.345 e. The molecule has 2 rings (SSSR count). The van der Waals surface area contributed by atoms with E-state index in [0.29, 0.717) is 23.7 Å². The molecule has 0 saturated heterocycles. The third-order valence-electron chi connectivity index (χ3n) is 3.23. The molecule has 0 aliphatic heterocycles. The van der Waals surface area contributed by atoms with Gasteiger partial charge in [0.1, 0.15) is 0 Å². The van der Waals surface area contributed by atoms with Gasteiger partial charge in [-0.05, 0) is 23.1 Å². The number of hydrogen-bond acceptors (Lipinski definition) is 4. The molecular formula is C16H21N3O2. The predicted molar refractivity (Wildman–Crippen MR) is 80.0 cm³/mol. The Morgan fingerprint density at radius 3 is 2.43 bits per heavy atom. The summed E-state index contributed by atoms with van der Waals surface area (Å²) in [5, 5.41) is 6.59. The van der Waals surface area contributed by atoms with Crippen LogP contribution in [-0.4, -0.2) is 16.0 Å². The average Bonchev–Trinajstić information content (AvgIpc) is 2.92. The molecule has 5 heteroatoms. The minimum Gasteiger partial charge on any atom is -0.345 e. The maximum absolute atomic E-state index is 12.1. The lowest BCUT2D eigenvalue weighted by molar-refractivity contribution is 0.0949. The second-order valence-electron chi connectivity index (χ2n) is 5.97. The minimum atomic E-state index is -0.140. The van der Waals surface area contributed by atoms with Crippen LogP contribution in [0, 0.1) is 0 Å². The summed E-state index contributed by atoms with van der Waals surface area (Å²) in [4.78, 5) is 16.2. The second-order valence-corrected chi connectivity index (χ2v) is 5.97. The molecule has 0 spiro atoms. The van der Waals surface area contributed by atoms with Crippen molar-refractivity contribution >= 4 is 5.91 Å². The maximum Gasteiger partial charge on any atom is 0.251 e. The highest BCUT2D eigenvalue weighted by Gasteiger charge is 2.14. The Morgan fingerprint density at radius 1 is 1.24 bits per heavy atom. The molecule has 0 radical (unpaired) electrons. The topological polar surface area (TPSA) is 68.0 Å². The maximum atomic E-state index is 12.1. The molecule has 2 aromatic rings. The molecule has 1 heterocycles. The summed E-state index contributed by atoms with van der Waals surface area (Å²) in [7, 11) is 0. The van der Waals surface area contributed by atoms with Crippen molar-refractivity contribution in [1.29, 1.82) is 0 Å². The number of benzene rings is 1. The average molecular weight is 287 g/mol. The zero-order chi connectivity index (χ0) is 15.5. The number of nitrogens with one attached hydrogen (secondary N) is 1. The van der Waals surface area contributed by atoms with E-state index in [9.17, 15) is 4.79 Å². The molecule has 1 aromatic heterocycles. The molecule has 1 aromatic carbocycles. The summed E-state index contributed by atoms with van der Waals surface area (Å²) < 4.78 is 4.99. The van der Waals surface area contributed by atoms with Crippen molar-refractivity contribution in [2.24, 2.45) is 0 Å². The van der Waals surface area contributed by atoms with Gasteiger partial charge < -0.3 is 9.84 Å². The van der Waals surface area contributed by atoms with Gasteiger partial charge in [-0.2, -0.15) is 4.98 Å². The normalized spacial score (nSPS) is 11.4. The van der Waals surface area contributed by atoms with Crippen molar-refractivity contribution in [3.63, 3.8) is 0 Å².